The van der Waals surface area contributed by atoms with E-state index in [1.54, 1.807) is 6.92 Å². The lowest BCUT2D eigenvalue weighted by Crippen LogP contribution is -2.37. The highest BCUT2D eigenvalue weighted by molar-refractivity contribution is 5.97. The van der Waals surface area contributed by atoms with Gasteiger partial charge in [-0.05, 0) is 19.8 Å². The molecule has 0 unspecified atom stereocenters. The minimum atomic E-state index is -0.354. The molecule has 1 fully saturated rings. The molecule has 0 aliphatic heterocycles. The van der Waals surface area contributed by atoms with Crippen LogP contribution in [0.15, 0.2) is 11.8 Å². The Kier molecular flexibility index (Phi) is 7.95. The highest BCUT2D eigenvalue weighted by atomic mass is 16.5. The van der Waals surface area contributed by atoms with E-state index in [1.807, 2.05) is 6.07 Å². The van der Waals surface area contributed by atoms with Crippen molar-refractivity contribution in [2.75, 3.05) is 13.2 Å². The number of amides is 1. The van der Waals surface area contributed by atoms with Crippen molar-refractivity contribution in [3.05, 3.63) is 11.8 Å². The molecule has 0 aromatic rings. The van der Waals surface area contributed by atoms with Crippen LogP contribution in [0, 0.1) is 11.3 Å². The predicted molar refractivity (Wildman–Crippen MR) is 78.0 cm³/mol. The maximum atomic E-state index is 11.9. The predicted octanol–water partition coefficient (Wildman–Crippen LogP) is 1.39. The number of ether oxygens (including phenoxy) is 1. The van der Waals surface area contributed by atoms with Crippen LogP contribution in [-0.2, 0) is 14.3 Å². The zero-order chi connectivity index (χ0) is 15.5. The van der Waals surface area contributed by atoms with Crippen molar-refractivity contribution in [3.63, 3.8) is 0 Å². The van der Waals surface area contributed by atoms with Gasteiger partial charge in [-0.3, -0.25) is 9.59 Å². The van der Waals surface area contributed by atoms with Gasteiger partial charge in [-0.15, -0.1) is 0 Å². The summed E-state index contributed by atoms with van der Waals surface area (Å²) in [5.41, 5.74) is 0.0319. The van der Waals surface area contributed by atoms with Crippen molar-refractivity contribution in [1.29, 1.82) is 5.26 Å². The molecule has 116 valence electrons. The van der Waals surface area contributed by atoms with Gasteiger partial charge in [-0.2, -0.15) is 5.26 Å². The first-order chi connectivity index (χ1) is 10.2. The minimum Gasteiger partial charge on any atom is -0.466 e. The molecule has 21 heavy (non-hydrogen) atoms. The lowest BCUT2D eigenvalue weighted by atomic mass is 9.95. The first-order valence-corrected chi connectivity index (χ1v) is 7.47. The Hall–Kier alpha value is -2.03. The summed E-state index contributed by atoms with van der Waals surface area (Å²) in [7, 11) is 0. The van der Waals surface area contributed by atoms with E-state index < -0.39 is 0 Å². The molecule has 1 saturated carbocycles. The molecule has 2 N–H and O–H groups in total. The van der Waals surface area contributed by atoms with Crippen LogP contribution >= 0.6 is 0 Å². The number of esters is 1. The number of hydrogen-bond acceptors (Lipinski definition) is 5. The van der Waals surface area contributed by atoms with Gasteiger partial charge in [0.1, 0.15) is 11.6 Å². The van der Waals surface area contributed by atoms with Crippen LogP contribution < -0.4 is 10.6 Å². The van der Waals surface area contributed by atoms with Crippen LogP contribution in [0.5, 0.6) is 0 Å². The van der Waals surface area contributed by atoms with Crippen LogP contribution in [0.3, 0.4) is 0 Å². The van der Waals surface area contributed by atoms with Gasteiger partial charge in [0.05, 0.1) is 13.0 Å². The second-order valence-electron chi connectivity index (χ2n) is 4.99. The van der Waals surface area contributed by atoms with Gasteiger partial charge >= 0.3 is 5.97 Å². The molecule has 0 atom stereocenters. The maximum absolute atomic E-state index is 11.9. The van der Waals surface area contributed by atoms with Gasteiger partial charge in [0.15, 0.2) is 0 Å². The fraction of sp³-hybridized carbons (Fsp3) is 0.667. The smallest absolute Gasteiger partial charge is 0.307 e. The van der Waals surface area contributed by atoms with Crippen molar-refractivity contribution in [2.45, 2.75) is 51.5 Å². The van der Waals surface area contributed by atoms with Gasteiger partial charge in [0.25, 0.3) is 5.91 Å². The second kappa shape index (κ2) is 9.81. The molecule has 1 aliphatic rings. The van der Waals surface area contributed by atoms with E-state index in [0.717, 1.165) is 25.7 Å². The van der Waals surface area contributed by atoms with E-state index >= 15 is 0 Å². The molecular formula is C15H23N3O3. The van der Waals surface area contributed by atoms with Gasteiger partial charge in [-0.1, -0.05) is 19.3 Å². The molecule has 0 spiro atoms. The van der Waals surface area contributed by atoms with Crippen LogP contribution in [0.1, 0.15) is 45.4 Å². The van der Waals surface area contributed by atoms with Crippen molar-refractivity contribution in [1.82, 2.24) is 10.6 Å². The number of nitrogens with one attached hydrogen (secondary N) is 2. The molecule has 1 amide bonds. The molecule has 0 radical (unpaired) electrons. The van der Waals surface area contributed by atoms with Crippen molar-refractivity contribution >= 4 is 11.9 Å². The summed E-state index contributed by atoms with van der Waals surface area (Å²) in [6, 6.07) is 2.04. The van der Waals surface area contributed by atoms with Crippen molar-refractivity contribution < 1.29 is 14.3 Å². The molecule has 0 aromatic heterocycles. The summed E-state index contributed by atoms with van der Waals surface area (Å²) < 4.78 is 4.78. The Morgan fingerprint density at radius 2 is 2.05 bits per heavy atom. The molecule has 6 nitrogen and oxygen atoms in total. The van der Waals surface area contributed by atoms with E-state index in [4.69, 9.17) is 10.00 Å². The van der Waals surface area contributed by atoms with E-state index in [1.165, 1.54) is 12.6 Å². The van der Waals surface area contributed by atoms with Crippen LogP contribution in [-0.4, -0.2) is 31.1 Å². The van der Waals surface area contributed by atoms with Gasteiger partial charge in [-0.25, -0.2) is 0 Å². The van der Waals surface area contributed by atoms with Gasteiger partial charge < -0.3 is 15.4 Å². The molecular weight excluding hydrogens is 270 g/mol. The summed E-state index contributed by atoms with van der Waals surface area (Å²) in [5.74, 6) is -0.656. The van der Waals surface area contributed by atoms with Gasteiger partial charge in [0, 0.05) is 18.8 Å². The quantitative estimate of drug-likeness (QED) is 0.320. The zero-order valence-electron chi connectivity index (χ0n) is 12.5. The zero-order valence-corrected chi connectivity index (χ0v) is 12.5. The number of nitrogens with zero attached hydrogens (tertiary/aromatic N) is 1. The normalized spacial score (nSPS) is 15.9. The fourth-order valence-corrected chi connectivity index (χ4v) is 2.24. The third kappa shape index (κ3) is 6.80. The number of hydrogen-bond donors (Lipinski definition) is 2. The Morgan fingerprint density at radius 1 is 1.33 bits per heavy atom. The first kappa shape index (κ1) is 17.0. The lowest BCUT2D eigenvalue weighted by Gasteiger charge is -2.22. The summed E-state index contributed by atoms with van der Waals surface area (Å²) in [4.78, 5) is 23.1. The number of carbonyl (C=O) groups is 2. The average Bonchev–Trinajstić information content (AvgIpc) is 2.48. The summed E-state index contributed by atoms with van der Waals surface area (Å²) in [5, 5.41) is 14.7. The lowest BCUT2D eigenvalue weighted by molar-refractivity contribution is -0.142. The average molecular weight is 293 g/mol. The minimum absolute atomic E-state index is 0.0319. The first-order valence-electron chi connectivity index (χ1n) is 7.47. The third-order valence-electron chi connectivity index (χ3n) is 3.33. The number of carbonyl (C=O) groups excluding carboxylic acids is 2. The van der Waals surface area contributed by atoms with Crippen LogP contribution in [0.4, 0.5) is 0 Å². The second-order valence-corrected chi connectivity index (χ2v) is 4.99. The SMILES string of the molecule is CCOC(=O)CCN/C=C(/C#N)C(=O)NC1CCCCC1. The summed E-state index contributed by atoms with van der Waals surface area (Å²) >= 11 is 0. The molecule has 1 rings (SSSR count). The van der Waals surface area contributed by atoms with Gasteiger partial charge in [0.2, 0.25) is 0 Å². The summed E-state index contributed by atoms with van der Waals surface area (Å²) in [6.45, 7) is 2.43. The Balaban J connectivity index is 2.34. The number of nitriles is 1. The highest BCUT2D eigenvalue weighted by Crippen LogP contribution is 2.17. The standard InChI is InChI=1S/C15H23N3O3/c1-2-21-14(19)8-9-17-11-12(10-16)15(20)18-13-6-4-3-5-7-13/h11,13,17H,2-9H2,1H3,(H,18,20)/b12-11-. The molecule has 0 saturated heterocycles. The monoisotopic (exact) mass is 293 g/mol. The van der Waals surface area contributed by atoms with Crippen LogP contribution in [0.25, 0.3) is 0 Å². The third-order valence-corrected chi connectivity index (χ3v) is 3.33. The van der Waals surface area contributed by atoms with Crippen LogP contribution in [0.2, 0.25) is 0 Å². The summed E-state index contributed by atoms with van der Waals surface area (Å²) in [6.07, 6.45) is 6.96. The molecule has 0 heterocycles. The highest BCUT2D eigenvalue weighted by Gasteiger charge is 2.17. The van der Waals surface area contributed by atoms with Crippen molar-refractivity contribution in [2.24, 2.45) is 0 Å². The Morgan fingerprint density at radius 3 is 2.67 bits per heavy atom. The van der Waals surface area contributed by atoms with E-state index in [-0.39, 0.29) is 29.9 Å². The van der Waals surface area contributed by atoms with E-state index in [9.17, 15) is 9.59 Å². The van der Waals surface area contributed by atoms with E-state index in [0.29, 0.717) is 13.2 Å². The maximum Gasteiger partial charge on any atom is 0.307 e. The Bertz CT molecular complexity index is 420. The fourth-order valence-electron chi connectivity index (χ4n) is 2.24. The number of rotatable bonds is 7. The van der Waals surface area contributed by atoms with Crippen molar-refractivity contribution in [3.8, 4) is 6.07 Å². The molecule has 6 heteroatoms. The molecule has 0 bridgehead atoms. The Labute approximate surface area is 125 Å². The molecule has 1 aliphatic carbocycles. The molecule has 0 aromatic carbocycles. The topological polar surface area (TPSA) is 91.2 Å². The van der Waals surface area contributed by atoms with E-state index in [2.05, 4.69) is 10.6 Å². The largest absolute Gasteiger partial charge is 0.466 e.